The molecule has 0 atom stereocenters. The molecule has 0 amide bonds. The van der Waals surface area contributed by atoms with Crippen LogP contribution in [-0.4, -0.2) is 16.7 Å². The van der Waals surface area contributed by atoms with Gasteiger partial charge in [-0.05, 0) is 31.5 Å². The van der Waals surface area contributed by atoms with Crippen molar-refractivity contribution >= 4 is 5.69 Å². The molecular weight excluding hydrogens is 274 g/mol. The van der Waals surface area contributed by atoms with Crippen LogP contribution in [0.1, 0.15) is 11.3 Å². The van der Waals surface area contributed by atoms with Crippen molar-refractivity contribution in [3.05, 3.63) is 59.9 Å². The first kappa shape index (κ1) is 14.2. The molecule has 0 radical (unpaired) electrons. The fraction of sp³-hybridized carbons (Fsp3) is 0.167. The van der Waals surface area contributed by atoms with E-state index < -0.39 is 0 Å². The van der Waals surface area contributed by atoms with E-state index in [2.05, 4.69) is 24.0 Å². The van der Waals surface area contributed by atoms with Gasteiger partial charge in [0.15, 0.2) is 0 Å². The zero-order chi connectivity index (χ0) is 15.7. The Morgan fingerprint density at radius 3 is 2.55 bits per heavy atom. The van der Waals surface area contributed by atoms with Gasteiger partial charge in [-0.3, -0.25) is 4.57 Å². The number of imidazole rings is 1. The van der Waals surface area contributed by atoms with Gasteiger partial charge >= 0.3 is 0 Å². The van der Waals surface area contributed by atoms with Gasteiger partial charge in [0.25, 0.3) is 0 Å². The summed E-state index contributed by atoms with van der Waals surface area (Å²) in [5.41, 5.74) is 10.9. The third-order valence-electron chi connectivity index (χ3n) is 3.73. The van der Waals surface area contributed by atoms with Crippen molar-refractivity contribution in [2.24, 2.45) is 0 Å². The Bertz CT molecular complexity index is 821. The Labute approximate surface area is 130 Å². The third-order valence-corrected chi connectivity index (χ3v) is 3.73. The molecule has 0 saturated heterocycles. The van der Waals surface area contributed by atoms with Crippen LogP contribution in [0, 0.1) is 13.8 Å². The number of para-hydroxylation sites is 1. The number of hydrogen-bond acceptors (Lipinski definition) is 3. The first-order valence-electron chi connectivity index (χ1n) is 7.16. The highest BCUT2D eigenvalue weighted by Gasteiger charge is 2.15. The van der Waals surface area contributed by atoms with Crippen molar-refractivity contribution < 1.29 is 4.74 Å². The second kappa shape index (κ2) is 5.56. The number of nitrogens with zero attached hydrogens (tertiary/aromatic N) is 2. The summed E-state index contributed by atoms with van der Waals surface area (Å²) in [7, 11) is 1.62. The van der Waals surface area contributed by atoms with Crippen LogP contribution in [0.25, 0.3) is 17.1 Å². The number of aromatic nitrogens is 2. The van der Waals surface area contributed by atoms with Crippen LogP contribution < -0.4 is 10.5 Å². The molecule has 1 heterocycles. The number of nitrogens with two attached hydrogens (primary N) is 1. The monoisotopic (exact) mass is 293 g/mol. The molecule has 2 N–H and O–H groups in total. The van der Waals surface area contributed by atoms with Crippen molar-refractivity contribution in [1.29, 1.82) is 0 Å². The molecule has 0 aliphatic carbocycles. The SMILES string of the molecule is COc1cccc(-n2cc(C)nc2-c2ccccc2C)c1N. The molecule has 0 aliphatic rings. The van der Waals surface area contributed by atoms with E-state index in [1.807, 2.05) is 48.0 Å². The number of benzene rings is 2. The maximum absolute atomic E-state index is 6.25. The quantitative estimate of drug-likeness (QED) is 0.748. The Kier molecular flexibility index (Phi) is 3.59. The number of ether oxygens (including phenoxy) is 1. The average Bonchev–Trinajstić information content (AvgIpc) is 2.89. The van der Waals surface area contributed by atoms with E-state index >= 15 is 0 Å². The van der Waals surface area contributed by atoms with Crippen molar-refractivity contribution in [2.45, 2.75) is 13.8 Å². The van der Waals surface area contributed by atoms with Crippen molar-refractivity contribution in [3.63, 3.8) is 0 Å². The van der Waals surface area contributed by atoms with Gasteiger partial charge in [0.05, 0.1) is 24.2 Å². The second-order valence-electron chi connectivity index (χ2n) is 5.28. The molecule has 3 aromatic rings. The van der Waals surface area contributed by atoms with E-state index in [-0.39, 0.29) is 0 Å². The Hall–Kier alpha value is -2.75. The van der Waals surface area contributed by atoms with Gasteiger partial charge in [0, 0.05) is 11.8 Å². The second-order valence-corrected chi connectivity index (χ2v) is 5.28. The number of rotatable bonds is 3. The number of anilines is 1. The number of methoxy groups -OCH3 is 1. The number of nitrogen functional groups attached to an aromatic ring is 1. The molecule has 4 heteroatoms. The van der Waals surface area contributed by atoms with Crippen LogP contribution in [0.2, 0.25) is 0 Å². The highest BCUT2D eigenvalue weighted by Crippen LogP contribution is 2.32. The molecule has 2 aromatic carbocycles. The minimum absolute atomic E-state index is 0.609. The maximum atomic E-state index is 6.25. The van der Waals surface area contributed by atoms with Crippen LogP contribution in [0.5, 0.6) is 5.75 Å². The Morgan fingerprint density at radius 1 is 1.05 bits per heavy atom. The van der Waals surface area contributed by atoms with E-state index in [1.165, 1.54) is 5.56 Å². The summed E-state index contributed by atoms with van der Waals surface area (Å²) in [6.45, 7) is 4.06. The Balaban J connectivity index is 2.24. The lowest BCUT2D eigenvalue weighted by Crippen LogP contribution is -2.03. The van der Waals surface area contributed by atoms with Gasteiger partial charge in [-0.15, -0.1) is 0 Å². The van der Waals surface area contributed by atoms with Gasteiger partial charge in [-0.25, -0.2) is 4.98 Å². The summed E-state index contributed by atoms with van der Waals surface area (Å²) in [5, 5.41) is 0. The lowest BCUT2D eigenvalue weighted by molar-refractivity contribution is 0.417. The van der Waals surface area contributed by atoms with Crippen molar-refractivity contribution in [3.8, 4) is 22.8 Å². The molecule has 112 valence electrons. The van der Waals surface area contributed by atoms with Gasteiger partial charge in [0.2, 0.25) is 0 Å². The molecular formula is C18H19N3O. The van der Waals surface area contributed by atoms with E-state index in [4.69, 9.17) is 10.5 Å². The first-order valence-corrected chi connectivity index (χ1v) is 7.16. The number of aryl methyl sites for hydroxylation is 2. The van der Waals surface area contributed by atoms with Gasteiger partial charge < -0.3 is 10.5 Å². The first-order chi connectivity index (χ1) is 10.6. The fourth-order valence-corrected chi connectivity index (χ4v) is 2.62. The average molecular weight is 293 g/mol. The van der Waals surface area contributed by atoms with Gasteiger partial charge in [0.1, 0.15) is 11.6 Å². The van der Waals surface area contributed by atoms with Crippen LogP contribution in [0.15, 0.2) is 48.7 Å². The van der Waals surface area contributed by atoms with Crippen LogP contribution >= 0.6 is 0 Å². The molecule has 1 aromatic heterocycles. The summed E-state index contributed by atoms with van der Waals surface area (Å²) in [6, 6.07) is 14.0. The lowest BCUT2D eigenvalue weighted by Gasteiger charge is -2.14. The highest BCUT2D eigenvalue weighted by molar-refractivity contribution is 5.71. The Morgan fingerprint density at radius 2 is 1.82 bits per heavy atom. The molecule has 3 rings (SSSR count). The van der Waals surface area contributed by atoms with Crippen molar-refractivity contribution in [2.75, 3.05) is 12.8 Å². The predicted octanol–water partition coefficient (Wildman–Crippen LogP) is 3.75. The molecule has 0 aliphatic heterocycles. The molecule has 0 unspecified atom stereocenters. The largest absolute Gasteiger partial charge is 0.495 e. The number of hydrogen-bond donors (Lipinski definition) is 1. The topological polar surface area (TPSA) is 53.1 Å². The van der Waals surface area contributed by atoms with Crippen molar-refractivity contribution in [1.82, 2.24) is 9.55 Å². The zero-order valence-corrected chi connectivity index (χ0v) is 13.0. The predicted molar refractivity (Wildman–Crippen MR) is 89.4 cm³/mol. The molecule has 0 fully saturated rings. The lowest BCUT2D eigenvalue weighted by atomic mass is 10.1. The van der Waals surface area contributed by atoms with Crippen LogP contribution in [0.3, 0.4) is 0 Å². The fourth-order valence-electron chi connectivity index (χ4n) is 2.62. The summed E-state index contributed by atoms with van der Waals surface area (Å²) >= 11 is 0. The van der Waals surface area contributed by atoms with E-state index in [0.717, 1.165) is 22.8 Å². The smallest absolute Gasteiger partial charge is 0.145 e. The van der Waals surface area contributed by atoms with E-state index in [1.54, 1.807) is 7.11 Å². The standard InChI is InChI=1S/C18H19N3O/c1-12-7-4-5-8-14(12)18-20-13(2)11-21(18)15-9-6-10-16(22-3)17(15)19/h4-11H,19H2,1-3H3. The highest BCUT2D eigenvalue weighted by atomic mass is 16.5. The summed E-state index contributed by atoms with van der Waals surface area (Å²) in [6.07, 6.45) is 1.99. The van der Waals surface area contributed by atoms with Gasteiger partial charge in [-0.2, -0.15) is 0 Å². The summed E-state index contributed by atoms with van der Waals surface area (Å²) in [4.78, 5) is 4.68. The van der Waals surface area contributed by atoms with Gasteiger partial charge in [-0.1, -0.05) is 30.3 Å². The minimum Gasteiger partial charge on any atom is -0.495 e. The normalized spacial score (nSPS) is 10.7. The third kappa shape index (κ3) is 2.33. The molecule has 4 nitrogen and oxygen atoms in total. The minimum atomic E-state index is 0.609. The molecule has 0 bridgehead atoms. The maximum Gasteiger partial charge on any atom is 0.145 e. The molecule has 22 heavy (non-hydrogen) atoms. The van der Waals surface area contributed by atoms with Crippen LogP contribution in [0.4, 0.5) is 5.69 Å². The zero-order valence-electron chi connectivity index (χ0n) is 13.0. The van der Waals surface area contributed by atoms with Crippen LogP contribution in [-0.2, 0) is 0 Å². The van der Waals surface area contributed by atoms with E-state index in [0.29, 0.717) is 11.4 Å². The van der Waals surface area contributed by atoms with E-state index in [9.17, 15) is 0 Å². The molecule has 0 saturated carbocycles. The molecule has 0 spiro atoms. The summed E-state index contributed by atoms with van der Waals surface area (Å²) < 4.78 is 7.35. The summed E-state index contributed by atoms with van der Waals surface area (Å²) in [5.74, 6) is 1.55.